The second kappa shape index (κ2) is 5.35. The molecule has 2 fully saturated rings. The minimum atomic E-state index is 0.401. The normalized spacial score (nSPS) is 27.5. The smallest absolute Gasteiger partial charge is 0.161 e. The number of nitrogens with one attached hydrogen (secondary N) is 1. The first-order valence-corrected chi connectivity index (χ1v) is 7.81. The zero-order chi connectivity index (χ0) is 14.2. The summed E-state index contributed by atoms with van der Waals surface area (Å²) in [4.78, 5) is 9.42. The molecule has 1 N–H and O–H groups in total. The maximum absolute atomic E-state index is 5.45. The van der Waals surface area contributed by atoms with E-state index in [0.717, 1.165) is 56.0 Å². The van der Waals surface area contributed by atoms with Crippen LogP contribution in [-0.4, -0.2) is 46.1 Å². The van der Waals surface area contributed by atoms with Crippen molar-refractivity contribution in [3.05, 3.63) is 18.2 Å². The summed E-state index contributed by atoms with van der Waals surface area (Å²) < 4.78 is 7.53. The molecule has 0 aliphatic carbocycles. The fourth-order valence-corrected chi connectivity index (χ4v) is 3.38. The molecule has 4 rings (SSSR count). The lowest BCUT2D eigenvalue weighted by molar-refractivity contribution is 0.0673. The molecule has 6 heteroatoms. The highest BCUT2D eigenvalue weighted by atomic mass is 16.5. The standard InChI is InChI=1S/C15H21N5O/c1-10-6-16-9-13(10)14-17-7-11-8-18-20(15(11)19-14)12-2-4-21-5-3-12/h7-8,10,12-13,16H,2-6,9H2,1H3/t10-,13-/m1/s1. The molecule has 0 unspecified atom stereocenters. The van der Waals surface area contributed by atoms with Gasteiger partial charge in [-0.15, -0.1) is 0 Å². The van der Waals surface area contributed by atoms with Gasteiger partial charge in [-0.25, -0.2) is 14.6 Å². The van der Waals surface area contributed by atoms with Gasteiger partial charge in [0.25, 0.3) is 0 Å². The van der Waals surface area contributed by atoms with E-state index in [1.807, 2.05) is 12.4 Å². The molecule has 0 amide bonds. The average molecular weight is 287 g/mol. The van der Waals surface area contributed by atoms with Gasteiger partial charge in [0.15, 0.2) is 5.65 Å². The van der Waals surface area contributed by atoms with Gasteiger partial charge in [0, 0.05) is 31.9 Å². The molecule has 0 bridgehead atoms. The third kappa shape index (κ3) is 2.32. The van der Waals surface area contributed by atoms with Gasteiger partial charge in [0.2, 0.25) is 0 Å². The maximum Gasteiger partial charge on any atom is 0.161 e. The van der Waals surface area contributed by atoms with Gasteiger partial charge in [0.05, 0.1) is 17.6 Å². The second-order valence-corrected chi connectivity index (χ2v) is 6.18. The summed E-state index contributed by atoms with van der Waals surface area (Å²) in [5, 5.41) is 9.00. The molecule has 2 saturated heterocycles. The Kier molecular flexibility index (Phi) is 3.35. The zero-order valence-electron chi connectivity index (χ0n) is 12.3. The van der Waals surface area contributed by atoms with E-state index in [-0.39, 0.29) is 0 Å². The fourth-order valence-electron chi connectivity index (χ4n) is 3.38. The van der Waals surface area contributed by atoms with Crippen molar-refractivity contribution in [1.82, 2.24) is 25.1 Å². The molecular weight excluding hydrogens is 266 g/mol. The molecule has 2 aliphatic heterocycles. The van der Waals surface area contributed by atoms with Gasteiger partial charge in [0.1, 0.15) is 5.82 Å². The lowest BCUT2D eigenvalue weighted by Gasteiger charge is -2.22. The Hall–Kier alpha value is -1.53. The van der Waals surface area contributed by atoms with Crippen LogP contribution in [0.25, 0.3) is 11.0 Å². The Labute approximate surface area is 123 Å². The molecule has 2 aromatic heterocycles. The molecule has 6 nitrogen and oxygen atoms in total. The number of aromatic nitrogens is 4. The van der Waals surface area contributed by atoms with Gasteiger partial charge in [-0.05, 0) is 25.3 Å². The van der Waals surface area contributed by atoms with Crippen molar-refractivity contribution in [3.8, 4) is 0 Å². The van der Waals surface area contributed by atoms with E-state index in [0.29, 0.717) is 17.9 Å². The highest BCUT2D eigenvalue weighted by Gasteiger charge is 2.28. The largest absolute Gasteiger partial charge is 0.381 e. The summed E-state index contributed by atoms with van der Waals surface area (Å²) in [6, 6.07) is 0.401. The number of ether oxygens (including phenoxy) is 1. The van der Waals surface area contributed by atoms with E-state index >= 15 is 0 Å². The Morgan fingerprint density at radius 3 is 2.86 bits per heavy atom. The molecule has 2 aliphatic rings. The van der Waals surface area contributed by atoms with Crippen LogP contribution in [-0.2, 0) is 4.74 Å². The van der Waals surface area contributed by atoms with Crippen molar-refractivity contribution in [2.24, 2.45) is 5.92 Å². The van der Waals surface area contributed by atoms with Crippen molar-refractivity contribution >= 4 is 11.0 Å². The van der Waals surface area contributed by atoms with E-state index < -0.39 is 0 Å². The molecule has 2 aromatic rings. The third-order valence-corrected chi connectivity index (χ3v) is 4.74. The summed E-state index contributed by atoms with van der Waals surface area (Å²) in [5.41, 5.74) is 0.978. The van der Waals surface area contributed by atoms with Crippen LogP contribution in [0, 0.1) is 5.92 Å². The number of fused-ring (bicyclic) bond motifs is 1. The Morgan fingerprint density at radius 1 is 1.24 bits per heavy atom. The van der Waals surface area contributed by atoms with Crippen molar-refractivity contribution < 1.29 is 4.74 Å². The van der Waals surface area contributed by atoms with Gasteiger partial charge in [-0.1, -0.05) is 6.92 Å². The molecule has 112 valence electrons. The minimum absolute atomic E-state index is 0.401. The zero-order valence-corrected chi connectivity index (χ0v) is 12.3. The number of rotatable bonds is 2. The van der Waals surface area contributed by atoms with Crippen LogP contribution >= 0.6 is 0 Å². The van der Waals surface area contributed by atoms with Crippen LogP contribution in [0.5, 0.6) is 0 Å². The maximum atomic E-state index is 5.45. The molecule has 2 atom stereocenters. The predicted octanol–water partition coefficient (Wildman–Crippen LogP) is 1.50. The van der Waals surface area contributed by atoms with Crippen LogP contribution in [0.4, 0.5) is 0 Å². The quantitative estimate of drug-likeness (QED) is 0.907. The van der Waals surface area contributed by atoms with Crippen LogP contribution in [0.3, 0.4) is 0 Å². The Bertz CT molecular complexity index is 634. The van der Waals surface area contributed by atoms with Crippen molar-refractivity contribution in [2.75, 3.05) is 26.3 Å². The van der Waals surface area contributed by atoms with E-state index in [2.05, 4.69) is 27.0 Å². The monoisotopic (exact) mass is 287 g/mol. The van der Waals surface area contributed by atoms with E-state index in [9.17, 15) is 0 Å². The van der Waals surface area contributed by atoms with Crippen LogP contribution in [0.15, 0.2) is 12.4 Å². The second-order valence-electron chi connectivity index (χ2n) is 6.18. The van der Waals surface area contributed by atoms with E-state index in [1.54, 1.807) is 0 Å². The van der Waals surface area contributed by atoms with E-state index in [4.69, 9.17) is 9.72 Å². The third-order valence-electron chi connectivity index (χ3n) is 4.74. The first-order chi connectivity index (χ1) is 10.3. The van der Waals surface area contributed by atoms with Gasteiger partial charge < -0.3 is 10.1 Å². The van der Waals surface area contributed by atoms with Gasteiger partial charge >= 0.3 is 0 Å². The van der Waals surface area contributed by atoms with Crippen molar-refractivity contribution in [2.45, 2.75) is 31.7 Å². The van der Waals surface area contributed by atoms with Crippen LogP contribution < -0.4 is 5.32 Å². The summed E-state index contributed by atoms with van der Waals surface area (Å²) >= 11 is 0. The average Bonchev–Trinajstić information content (AvgIpc) is 3.13. The first-order valence-electron chi connectivity index (χ1n) is 7.81. The molecule has 0 spiro atoms. The van der Waals surface area contributed by atoms with Crippen LogP contribution in [0.2, 0.25) is 0 Å². The molecule has 0 saturated carbocycles. The summed E-state index contributed by atoms with van der Waals surface area (Å²) in [6.45, 7) is 5.90. The minimum Gasteiger partial charge on any atom is -0.381 e. The lowest BCUT2D eigenvalue weighted by Crippen LogP contribution is -2.21. The van der Waals surface area contributed by atoms with Crippen molar-refractivity contribution in [1.29, 1.82) is 0 Å². The highest BCUT2D eigenvalue weighted by molar-refractivity contribution is 5.73. The predicted molar refractivity (Wildman–Crippen MR) is 79.2 cm³/mol. The Morgan fingerprint density at radius 2 is 2.10 bits per heavy atom. The topological polar surface area (TPSA) is 64.9 Å². The molecule has 21 heavy (non-hydrogen) atoms. The molecular formula is C15H21N5O. The van der Waals surface area contributed by atoms with Gasteiger partial charge in [-0.2, -0.15) is 5.10 Å². The molecule has 4 heterocycles. The number of hydrogen-bond donors (Lipinski definition) is 1. The molecule has 0 radical (unpaired) electrons. The van der Waals surface area contributed by atoms with E-state index in [1.165, 1.54) is 0 Å². The first kappa shape index (κ1) is 13.2. The van der Waals surface area contributed by atoms with Crippen LogP contribution in [0.1, 0.15) is 37.5 Å². The number of nitrogens with zero attached hydrogens (tertiary/aromatic N) is 4. The molecule has 0 aromatic carbocycles. The number of hydrogen-bond acceptors (Lipinski definition) is 5. The lowest BCUT2D eigenvalue weighted by atomic mass is 9.97. The SMILES string of the molecule is C[C@@H]1CNC[C@H]1c1ncc2cnn(C3CCOCC3)c2n1. The fraction of sp³-hybridized carbons (Fsp3) is 0.667. The summed E-state index contributed by atoms with van der Waals surface area (Å²) in [7, 11) is 0. The summed E-state index contributed by atoms with van der Waals surface area (Å²) in [6.07, 6.45) is 5.82. The van der Waals surface area contributed by atoms with Crippen molar-refractivity contribution in [3.63, 3.8) is 0 Å². The highest BCUT2D eigenvalue weighted by Crippen LogP contribution is 2.28. The summed E-state index contributed by atoms with van der Waals surface area (Å²) in [5.74, 6) is 1.95. The Balaban J connectivity index is 1.71. The van der Waals surface area contributed by atoms with Gasteiger partial charge in [-0.3, -0.25) is 0 Å².